The second kappa shape index (κ2) is 7.63. The maximum absolute atomic E-state index is 11.9. The second-order valence-corrected chi connectivity index (χ2v) is 7.19. The van der Waals surface area contributed by atoms with E-state index in [0.717, 1.165) is 10.6 Å². The molecule has 0 saturated carbocycles. The van der Waals surface area contributed by atoms with E-state index in [4.69, 9.17) is 11.6 Å². The highest BCUT2D eigenvalue weighted by atomic mass is 35.5. The SMILES string of the molecule is CN(C)CCNC(=O)CN(c1ccccc1Cl)S(C)(=O)=O. The molecule has 0 spiro atoms. The number of carbonyl (C=O) groups excluding carboxylic acids is 1. The lowest BCUT2D eigenvalue weighted by Crippen LogP contribution is -2.42. The lowest BCUT2D eigenvalue weighted by Gasteiger charge is -2.23. The topological polar surface area (TPSA) is 69.7 Å². The summed E-state index contributed by atoms with van der Waals surface area (Å²) in [4.78, 5) is 13.8. The molecule has 8 heteroatoms. The van der Waals surface area contributed by atoms with Crippen molar-refractivity contribution in [1.29, 1.82) is 0 Å². The zero-order valence-corrected chi connectivity index (χ0v) is 13.9. The third-order valence-electron chi connectivity index (χ3n) is 2.69. The number of halogens is 1. The van der Waals surface area contributed by atoms with E-state index in [2.05, 4.69) is 5.32 Å². The van der Waals surface area contributed by atoms with Crippen LogP contribution in [-0.2, 0) is 14.8 Å². The molecule has 1 aromatic carbocycles. The maximum atomic E-state index is 11.9. The van der Waals surface area contributed by atoms with Crippen LogP contribution in [0, 0.1) is 0 Å². The van der Waals surface area contributed by atoms with Crippen molar-refractivity contribution < 1.29 is 13.2 Å². The first-order valence-electron chi connectivity index (χ1n) is 6.35. The molecule has 0 unspecified atom stereocenters. The highest BCUT2D eigenvalue weighted by molar-refractivity contribution is 7.92. The normalized spacial score (nSPS) is 11.5. The Hall–Kier alpha value is -1.31. The lowest BCUT2D eigenvalue weighted by atomic mass is 10.3. The van der Waals surface area contributed by atoms with Crippen LogP contribution < -0.4 is 9.62 Å². The van der Waals surface area contributed by atoms with Gasteiger partial charge in [0.1, 0.15) is 6.54 Å². The summed E-state index contributed by atoms with van der Waals surface area (Å²) in [7, 11) is 0.176. The van der Waals surface area contributed by atoms with Crippen LogP contribution in [0.25, 0.3) is 0 Å². The fourth-order valence-electron chi connectivity index (χ4n) is 1.64. The van der Waals surface area contributed by atoms with Crippen LogP contribution in [0.1, 0.15) is 0 Å². The number of rotatable bonds is 7. The quantitative estimate of drug-likeness (QED) is 0.800. The van der Waals surface area contributed by atoms with Gasteiger partial charge in [0, 0.05) is 13.1 Å². The van der Waals surface area contributed by atoms with Crippen molar-refractivity contribution in [3.8, 4) is 0 Å². The van der Waals surface area contributed by atoms with E-state index < -0.39 is 10.0 Å². The van der Waals surface area contributed by atoms with Gasteiger partial charge < -0.3 is 10.2 Å². The Morgan fingerprint density at radius 3 is 2.43 bits per heavy atom. The first-order chi connectivity index (χ1) is 9.71. The number of hydrogen-bond donors (Lipinski definition) is 1. The van der Waals surface area contributed by atoms with Crippen molar-refractivity contribution in [2.45, 2.75) is 0 Å². The van der Waals surface area contributed by atoms with Gasteiger partial charge in [0.25, 0.3) is 0 Å². The fourth-order valence-corrected chi connectivity index (χ4v) is 2.80. The highest BCUT2D eigenvalue weighted by Gasteiger charge is 2.22. The Bertz CT molecular complexity index is 590. The number of likely N-dealkylation sites (N-methyl/N-ethyl adjacent to an activating group) is 1. The van der Waals surface area contributed by atoms with Gasteiger partial charge >= 0.3 is 0 Å². The van der Waals surface area contributed by atoms with E-state index >= 15 is 0 Å². The molecule has 0 radical (unpaired) electrons. The molecule has 1 rings (SSSR count). The average Bonchev–Trinajstić information content (AvgIpc) is 2.35. The van der Waals surface area contributed by atoms with Crippen LogP contribution >= 0.6 is 11.6 Å². The summed E-state index contributed by atoms with van der Waals surface area (Å²) in [5, 5.41) is 2.96. The third-order valence-corrected chi connectivity index (χ3v) is 4.14. The molecule has 6 nitrogen and oxygen atoms in total. The van der Waals surface area contributed by atoms with Gasteiger partial charge in [0.05, 0.1) is 17.0 Å². The first kappa shape index (κ1) is 17.7. The van der Waals surface area contributed by atoms with Gasteiger partial charge in [0.2, 0.25) is 15.9 Å². The Morgan fingerprint density at radius 2 is 1.90 bits per heavy atom. The van der Waals surface area contributed by atoms with E-state index in [1.165, 1.54) is 0 Å². The number of benzene rings is 1. The van der Waals surface area contributed by atoms with Gasteiger partial charge in [-0.1, -0.05) is 23.7 Å². The molecular weight excluding hydrogens is 314 g/mol. The van der Waals surface area contributed by atoms with Crippen molar-refractivity contribution in [2.75, 3.05) is 44.3 Å². The summed E-state index contributed by atoms with van der Waals surface area (Å²) in [5.41, 5.74) is 0.296. The van der Waals surface area contributed by atoms with Crippen molar-refractivity contribution in [3.63, 3.8) is 0 Å². The van der Waals surface area contributed by atoms with Crippen LogP contribution in [-0.4, -0.2) is 59.2 Å². The molecule has 0 bridgehead atoms. The van der Waals surface area contributed by atoms with E-state index in [-0.39, 0.29) is 17.5 Å². The molecule has 0 aliphatic heterocycles. The molecule has 0 atom stereocenters. The number of nitrogens with one attached hydrogen (secondary N) is 1. The summed E-state index contributed by atoms with van der Waals surface area (Å²) in [6, 6.07) is 6.52. The standard InChI is InChI=1S/C13H20ClN3O3S/c1-16(2)9-8-15-13(18)10-17(21(3,19)20)12-7-5-4-6-11(12)14/h4-7H,8-10H2,1-3H3,(H,15,18). The summed E-state index contributed by atoms with van der Waals surface area (Å²) in [5.74, 6) is -0.373. The Labute approximate surface area is 130 Å². The number of anilines is 1. The van der Waals surface area contributed by atoms with Crippen molar-refractivity contribution in [2.24, 2.45) is 0 Å². The minimum absolute atomic E-state index is 0.281. The van der Waals surface area contributed by atoms with Gasteiger partial charge in [0.15, 0.2) is 0 Å². The Balaban J connectivity index is 2.82. The number of para-hydroxylation sites is 1. The van der Waals surface area contributed by atoms with Crippen LogP contribution in [0.5, 0.6) is 0 Å². The molecular formula is C13H20ClN3O3S. The minimum Gasteiger partial charge on any atom is -0.353 e. The summed E-state index contributed by atoms with van der Waals surface area (Å²) in [6.07, 6.45) is 1.05. The third kappa shape index (κ3) is 5.91. The Kier molecular flexibility index (Phi) is 6.44. The minimum atomic E-state index is -3.60. The van der Waals surface area contributed by atoms with E-state index in [1.54, 1.807) is 24.3 Å². The van der Waals surface area contributed by atoms with Gasteiger partial charge in [-0.05, 0) is 26.2 Å². The number of amides is 1. The van der Waals surface area contributed by atoms with Crippen molar-refractivity contribution >= 4 is 33.2 Å². The van der Waals surface area contributed by atoms with Gasteiger partial charge in [-0.3, -0.25) is 9.10 Å². The largest absolute Gasteiger partial charge is 0.353 e. The second-order valence-electron chi connectivity index (χ2n) is 4.87. The molecule has 118 valence electrons. The van der Waals surface area contributed by atoms with Crippen LogP contribution in [0.3, 0.4) is 0 Å². The number of nitrogens with zero attached hydrogens (tertiary/aromatic N) is 2. The summed E-state index contributed by atoms with van der Waals surface area (Å²) in [6.45, 7) is 0.832. The predicted molar refractivity (Wildman–Crippen MR) is 85.2 cm³/mol. The van der Waals surface area contributed by atoms with Gasteiger partial charge in [-0.25, -0.2) is 8.42 Å². The van der Waals surface area contributed by atoms with Crippen LogP contribution in [0.15, 0.2) is 24.3 Å². The predicted octanol–water partition coefficient (Wildman–Crippen LogP) is 0.784. The molecule has 0 heterocycles. The average molecular weight is 334 g/mol. The molecule has 0 aromatic heterocycles. The van der Waals surface area contributed by atoms with E-state index in [9.17, 15) is 13.2 Å². The molecule has 1 aromatic rings. The van der Waals surface area contributed by atoms with Gasteiger partial charge in [-0.15, -0.1) is 0 Å². The molecule has 0 aliphatic carbocycles. The monoisotopic (exact) mass is 333 g/mol. The first-order valence-corrected chi connectivity index (χ1v) is 8.58. The van der Waals surface area contributed by atoms with Crippen LogP contribution in [0.4, 0.5) is 5.69 Å². The molecule has 0 saturated heterocycles. The highest BCUT2D eigenvalue weighted by Crippen LogP contribution is 2.26. The fraction of sp³-hybridized carbons (Fsp3) is 0.462. The smallest absolute Gasteiger partial charge is 0.240 e. The van der Waals surface area contributed by atoms with Crippen molar-refractivity contribution in [3.05, 3.63) is 29.3 Å². The molecule has 1 amide bonds. The number of hydrogen-bond acceptors (Lipinski definition) is 4. The summed E-state index contributed by atoms with van der Waals surface area (Å²) >= 11 is 6.01. The zero-order valence-electron chi connectivity index (χ0n) is 12.3. The zero-order chi connectivity index (χ0) is 16.0. The molecule has 0 aliphatic rings. The van der Waals surface area contributed by atoms with E-state index in [1.807, 2.05) is 19.0 Å². The van der Waals surface area contributed by atoms with Crippen LogP contribution in [0.2, 0.25) is 5.02 Å². The van der Waals surface area contributed by atoms with Crippen molar-refractivity contribution in [1.82, 2.24) is 10.2 Å². The maximum Gasteiger partial charge on any atom is 0.240 e. The van der Waals surface area contributed by atoms with E-state index in [0.29, 0.717) is 18.8 Å². The number of carbonyl (C=O) groups is 1. The molecule has 1 N–H and O–H groups in total. The number of sulfonamides is 1. The Morgan fingerprint density at radius 1 is 1.29 bits per heavy atom. The lowest BCUT2D eigenvalue weighted by molar-refractivity contribution is -0.119. The summed E-state index contributed by atoms with van der Waals surface area (Å²) < 4.78 is 24.8. The molecule has 21 heavy (non-hydrogen) atoms. The molecule has 0 fully saturated rings. The van der Waals surface area contributed by atoms with Gasteiger partial charge in [-0.2, -0.15) is 0 Å².